The van der Waals surface area contributed by atoms with E-state index in [-0.39, 0.29) is 5.69 Å². The third kappa shape index (κ3) is 3.35. The van der Waals surface area contributed by atoms with Crippen LogP contribution in [0.1, 0.15) is 16.1 Å². The second kappa shape index (κ2) is 5.57. The van der Waals surface area contributed by atoms with E-state index in [0.717, 1.165) is 5.56 Å². The largest absolute Gasteiger partial charge is 0.329 e. The number of hydrogen-bond donors (Lipinski definition) is 2. The molecule has 0 spiro atoms. The van der Waals surface area contributed by atoms with Gasteiger partial charge in [-0.05, 0) is 30.7 Å². The van der Waals surface area contributed by atoms with E-state index >= 15 is 0 Å². The van der Waals surface area contributed by atoms with Crippen LogP contribution in [0.15, 0.2) is 24.4 Å². The Hall–Kier alpha value is -2.28. The molecular formula is C12H14FN5O. The highest BCUT2D eigenvalue weighted by Crippen LogP contribution is 2.14. The smallest absolute Gasteiger partial charge is 0.277 e. The van der Waals surface area contributed by atoms with Crippen LogP contribution >= 0.6 is 0 Å². The van der Waals surface area contributed by atoms with Gasteiger partial charge in [-0.1, -0.05) is 5.21 Å². The molecule has 0 bridgehead atoms. The highest BCUT2D eigenvalue weighted by molar-refractivity contribution is 6.02. The van der Waals surface area contributed by atoms with Gasteiger partial charge in [0.25, 0.3) is 5.91 Å². The minimum absolute atomic E-state index is 0.162. The van der Waals surface area contributed by atoms with Crippen molar-refractivity contribution < 1.29 is 9.18 Å². The molecule has 6 nitrogen and oxygen atoms in total. The topological polar surface area (TPSA) is 85.8 Å². The zero-order chi connectivity index (χ0) is 13.8. The summed E-state index contributed by atoms with van der Waals surface area (Å²) in [5, 5.41) is 10.1. The second-order valence-corrected chi connectivity index (χ2v) is 4.13. The third-order valence-electron chi connectivity index (χ3n) is 2.43. The molecule has 1 aromatic heterocycles. The van der Waals surface area contributed by atoms with Crippen molar-refractivity contribution in [3.05, 3.63) is 41.5 Å². The summed E-state index contributed by atoms with van der Waals surface area (Å²) in [4.78, 5) is 11.9. The number of nitrogens with zero attached hydrogens (tertiary/aromatic N) is 3. The molecule has 0 atom stereocenters. The molecule has 0 aliphatic heterocycles. The van der Waals surface area contributed by atoms with E-state index in [4.69, 9.17) is 5.73 Å². The molecule has 0 aliphatic rings. The van der Waals surface area contributed by atoms with Crippen molar-refractivity contribution >= 4 is 11.6 Å². The lowest BCUT2D eigenvalue weighted by Crippen LogP contribution is -2.13. The van der Waals surface area contributed by atoms with Gasteiger partial charge in [-0.15, -0.1) is 5.10 Å². The number of aryl methyl sites for hydroxylation is 1. The van der Waals surface area contributed by atoms with Crippen molar-refractivity contribution in [3.63, 3.8) is 0 Å². The van der Waals surface area contributed by atoms with Crippen molar-refractivity contribution in [3.8, 4) is 0 Å². The molecule has 1 amide bonds. The zero-order valence-corrected chi connectivity index (χ0v) is 10.4. The zero-order valence-electron chi connectivity index (χ0n) is 10.4. The normalized spacial score (nSPS) is 10.5. The molecule has 0 fully saturated rings. The molecule has 1 aromatic carbocycles. The fourth-order valence-electron chi connectivity index (χ4n) is 1.65. The van der Waals surface area contributed by atoms with Gasteiger partial charge in [-0.25, -0.2) is 4.39 Å². The van der Waals surface area contributed by atoms with Crippen LogP contribution in [-0.2, 0) is 6.54 Å². The van der Waals surface area contributed by atoms with Crippen LogP contribution in [-0.4, -0.2) is 27.4 Å². The fraction of sp³-hybridized carbons (Fsp3) is 0.250. The molecule has 7 heteroatoms. The van der Waals surface area contributed by atoms with Gasteiger partial charge in [0.1, 0.15) is 5.82 Å². The monoisotopic (exact) mass is 263 g/mol. The Bertz CT molecular complexity index is 575. The predicted molar refractivity (Wildman–Crippen MR) is 68.2 cm³/mol. The minimum Gasteiger partial charge on any atom is -0.329 e. The van der Waals surface area contributed by atoms with Crippen LogP contribution in [0, 0.1) is 12.7 Å². The SMILES string of the molecule is Cc1cc(F)cc(NC(=O)c2cn(CCN)nn2)c1. The van der Waals surface area contributed by atoms with Crippen molar-refractivity contribution in [2.45, 2.75) is 13.5 Å². The number of anilines is 1. The van der Waals surface area contributed by atoms with Crippen LogP contribution in [0.5, 0.6) is 0 Å². The first-order chi connectivity index (χ1) is 9.08. The number of halogens is 1. The van der Waals surface area contributed by atoms with Gasteiger partial charge in [-0.2, -0.15) is 0 Å². The molecule has 1 heterocycles. The van der Waals surface area contributed by atoms with E-state index < -0.39 is 11.7 Å². The number of carbonyl (C=O) groups excluding carboxylic acids is 1. The molecule has 0 saturated heterocycles. The van der Waals surface area contributed by atoms with Crippen molar-refractivity contribution in [2.24, 2.45) is 5.73 Å². The Kier molecular flexibility index (Phi) is 3.86. The average molecular weight is 263 g/mol. The van der Waals surface area contributed by atoms with E-state index in [9.17, 15) is 9.18 Å². The van der Waals surface area contributed by atoms with Crippen LogP contribution in [0.25, 0.3) is 0 Å². The van der Waals surface area contributed by atoms with Crippen molar-refractivity contribution in [1.29, 1.82) is 0 Å². The number of carbonyl (C=O) groups is 1. The summed E-state index contributed by atoms with van der Waals surface area (Å²) in [5.74, 6) is -0.838. The quantitative estimate of drug-likeness (QED) is 0.859. The van der Waals surface area contributed by atoms with Crippen LogP contribution < -0.4 is 11.1 Å². The summed E-state index contributed by atoms with van der Waals surface area (Å²) in [5.41, 5.74) is 6.64. The standard InChI is InChI=1S/C12H14FN5O/c1-8-4-9(13)6-10(5-8)15-12(19)11-7-18(3-2-14)17-16-11/h4-7H,2-3,14H2,1H3,(H,15,19). The van der Waals surface area contributed by atoms with E-state index in [2.05, 4.69) is 15.6 Å². The number of rotatable bonds is 4. The maximum Gasteiger partial charge on any atom is 0.277 e. The first-order valence-corrected chi connectivity index (χ1v) is 5.77. The minimum atomic E-state index is -0.437. The number of nitrogens with one attached hydrogen (secondary N) is 1. The van der Waals surface area contributed by atoms with Gasteiger partial charge >= 0.3 is 0 Å². The molecule has 2 rings (SSSR count). The van der Waals surface area contributed by atoms with Crippen molar-refractivity contribution in [2.75, 3.05) is 11.9 Å². The summed E-state index contributed by atoms with van der Waals surface area (Å²) in [7, 11) is 0. The third-order valence-corrected chi connectivity index (χ3v) is 2.43. The maximum atomic E-state index is 13.2. The second-order valence-electron chi connectivity index (χ2n) is 4.13. The fourth-order valence-corrected chi connectivity index (χ4v) is 1.65. The lowest BCUT2D eigenvalue weighted by molar-refractivity contribution is 0.102. The number of amides is 1. The Morgan fingerprint density at radius 1 is 1.47 bits per heavy atom. The van der Waals surface area contributed by atoms with Gasteiger partial charge in [-0.3, -0.25) is 9.48 Å². The van der Waals surface area contributed by atoms with Crippen LogP contribution in [0.2, 0.25) is 0 Å². The molecule has 0 unspecified atom stereocenters. The highest BCUT2D eigenvalue weighted by atomic mass is 19.1. The summed E-state index contributed by atoms with van der Waals surface area (Å²) in [6, 6.07) is 4.30. The van der Waals surface area contributed by atoms with Crippen molar-refractivity contribution in [1.82, 2.24) is 15.0 Å². The summed E-state index contributed by atoms with van der Waals surface area (Å²) < 4.78 is 14.7. The van der Waals surface area contributed by atoms with E-state index in [1.165, 1.54) is 23.0 Å². The average Bonchev–Trinajstić information content (AvgIpc) is 2.76. The molecule has 100 valence electrons. The molecule has 19 heavy (non-hydrogen) atoms. The number of benzene rings is 1. The summed E-state index contributed by atoms with van der Waals surface area (Å²) in [6.45, 7) is 2.64. The lowest BCUT2D eigenvalue weighted by atomic mass is 10.2. The van der Waals surface area contributed by atoms with Gasteiger partial charge in [0.05, 0.1) is 12.7 Å². The Morgan fingerprint density at radius 3 is 2.95 bits per heavy atom. The van der Waals surface area contributed by atoms with Gasteiger partial charge in [0.15, 0.2) is 5.69 Å². The van der Waals surface area contributed by atoms with E-state index in [1.807, 2.05) is 0 Å². The molecule has 0 aliphatic carbocycles. The van der Waals surface area contributed by atoms with Gasteiger partial charge < -0.3 is 11.1 Å². The predicted octanol–water partition coefficient (Wildman–Crippen LogP) is 0.937. The highest BCUT2D eigenvalue weighted by Gasteiger charge is 2.11. The summed E-state index contributed by atoms with van der Waals surface area (Å²) in [6.07, 6.45) is 1.49. The van der Waals surface area contributed by atoms with Gasteiger partial charge in [0, 0.05) is 12.2 Å². The van der Waals surface area contributed by atoms with Crippen LogP contribution in [0.3, 0.4) is 0 Å². The number of hydrogen-bond acceptors (Lipinski definition) is 4. The number of aromatic nitrogens is 3. The molecule has 0 radical (unpaired) electrons. The van der Waals surface area contributed by atoms with Gasteiger partial charge in [0.2, 0.25) is 0 Å². The van der Waals surface area contributed by atoms with E-state index in [1.54, 1.807) is 13.0 Å². The van der Waals surface area contributed by atoms with Crippen LogP contribution in [0.4, 0.5) is 10.1 Å². The molecule has 2 aromatic rings. The Balaban J connectivity index is 2.11. The molecular weight excluding hydrogens is 249 g/mol. The molecule has 0 saturated carbocycles. The summed E-state index contributed by atoms with van der Waals surface area (Å²) >= 11 is 0. The Labute approximate surface area is 109 Å². The Morgan fingerprint density at radius 2 is 2.26 bits per heavy atom. The molecule has 3 N–H and O–H groups in total. The van der Waals surface area contributed by atoms with E-state index in [0.29, 0.717) is 18.8 Å². The first kappa shape index (κ1) is 13.2. The number of nitrogens with two attached hydrogens (primary N) is 1. The first-order valence-electron chi connectivity index (χ1n) is 5.77. The lowest BCUT2D eigenvalue weighted by Gasteiger charge is -2.04. The maximum absolute atomic E-state index is 13.2.